The summed E-state index contributed by atoms with van der Waals surface area (Å²) in [6.45, 7) is 4.53. The lowest BCUT2D eigenvalue weighted by Gasteiger charge is -2.41. The lowest BCUT2D eigenvalue weighted by molar-refractivity contribution is -0.312. The maximum Gasteiger partial charge on any atom is 0.416 e. The van der Waals surface area contributed by atoms with E-state index in [0.717, 1.165) is 29.0 Å². The number of alkyl halides is 3. The number of hydrogen-bond donors (Lipinski definition) is 0. The highest BCUT2D eigenvalue weighted by Gasteiger charge is 2.35. The number of carbonyl (C=O) groups excluding carboxylic acids is 1. The third kappa shape index (κ3) is 3.64. The standard InChI is InChI=1S/C23H22F3NO3/c1-3-22(2)11-19(18-8-7-16(23(24,25)26)10-20(18)30-22)14-5-4-6-17(9-14)27-12-15(13-27)21(28)29/h4-11,15H,3,12-13H2,1-2H3,(H,28,29)/p-1. The predicted molar refractivity (Wildman–Crippen MR) is 105 cm³/mol. The number of aliphatic carboxylic acids is 1. The van der Waals surface area contributed by atoms with Gasteiger partial charge in [-0.3, -0.25) is 0 Å². The van der Waals surface area contributed by atoms with Crippen LogP contribution in [0.15, 0.2) is 48.5 Å². The molecule has 158 valence electrons. The van der Waals surface area contributed by atoms with Gasteiger partial charge in [0.2, 0.25) is 0 Å². The van der Waals surface area contributed by atoms with Crippen molar-refractivity contribution in [1.29, 1.82) is 0 Å². The van der Waals surface area contributed by atoms with E-state index in [-0.39, 0.29) is 5.75 Å². The Morgan fingerprint density at radius 3 is 2.60 bits per heavy atom. The number of ether oxygens (including phenoxy) is 1. The van der Waals surface area contributed by atoms with Crippen molar-refractivity contribution in [3.63, 3.8) is 0 Å². The summed E-state index contributed by atoms with van der Waals surface area (Å²) in [7, 11) is 0. The molecule has 30 heavy (non-hydrogen) atoms. The first-order valence-corrected chi connectivity index (χ1v) is 9.79. The normalized spacial score (nSPS) is 21.4. The van der Waals surface area contributed by atoms with Crippen LogP contribution in [-0.4, -0.2) is 24.7 Å². The summed E-state index contributed by atoms with van der Waals surface area (Å²) in [5.41, 5.74) is 1.62. The Balaban J connectivity index is 1.73. The fraction of sp³-hybridized carbons (Fsp3) is 0.348. The molecule has 0 aromatic heterocycles. The van der Waals surface area contributed by atoms with Gasteiger partial charge in [0.05, 0.1) is 5.56 Å². The van der Waals surface area contributed by atoms with Gasteiger partial charge < -0.3 is 19.5 Å². The SMILES string of the molecule is CCC1(C)C=C(c2cccc(N3CC(C(=O)[O-])C3)c2)c2ccc(C(F)(F)F)cc2O1. The molecule has 0 spiro atoms. The first kappa shape index (κ1) is 20.3. The maximum absolute atomic E-state index is 13.2. The number of halogens is 3. The van der Waals surface area contributed by atoms with Crippen molar-refractivity contribution < 1.29 is 27.8 Å². The van der Waals surface area contributed by atoms with Crippen LogP contribution in [-0.2, 0) is 11.0 Å². The van der Waals surface area contributed by atoms with Crippen molar-refractivity contribution in [3.8, 4) is 5.75 Å². The summed E-state index contributed by atoms with van der Waals surface area (Å²) >= 11 is 0. The fourth-order valence-electron chi connectivity index (χ4n) is 3.79. The fourth-order valence-corrected chi connectivity index (χ4v) is 3.79. The molecule has 4 nitrogen and oxygen atoms in total. The molecule has 1 unspecified atom stereocenters. The Morgan fingerprint density at radius 1 is 1.23 bits per heavy atom. The van der Waals surface area contributed by atoms with Crippen LogP contribution >= 0.6 is 0 Å². The topological polar surface area (TPSA) is 52.6 Å². The van der Waals surface area contributed by atoms with Gasteiger partial charge in [0.15, 0.2) is 0 Å². The molecule has 0 N–H and O–H groups in total. The molecule has 1 atom stereocenters. The second-order valence-corrected chi connectivity index (χ2v) is 8.01. The number of fused-ring (bicyclic) bond motifs is 1. The van der Waals surface area contributed by atoms with E-state index >= 15 is 0 Å². The Kier molecular flexibility index (Phi) is 4.79. The lowest BCUT2D eigenvalue weighted by Crippen LogP contribution is -2.54. The molecule has 2 aromatic rings. The van der Waals surface area contributed by atoms with Gasteiger partial charge in [-0.15, -0.1) is 0 Å². The van der Waals surface area contributed by atoms with Crippen LogP contribution in [0, 0.1) is 5.92 Å². The molecule has 2 aromatic carbocycles. The Labute approximate surface area is 172 Å². The number of nitrogens with zero attached hydrogens (tertiary/aromatic N) is 1. The van der Waals surface area contributed by atoms with Gasteiger partial charge >= 0.3 is 6.18 Å². The summed E-state index contributed by atoms with van der Waals surface area (Å²) < 4.78 is 45.6. The van der Waals surface area contributed by atoms with Crippen LogP contribution in [0.1, 0.15) is 37.0 Å². The Morgan fingerprint density at radius 2 is 1.97 bits per heavy atom. The van der Waals surface area contributed by atoms with E-state index in [4.69, 9.17) is 4.74 Å². The molecule has 2 heterocycles. The van der Waals surface area contributed by atoms with E-state index < -0.39 is 29.2 Å². The van der Waals surface area contributed by atoms with E-state index in [0.29, 0.717) is 25.1 Å². The lowest BCUT2D eigenvalue weighted by atomic mass is 9.87. The number of carbonyl (C=O) groups is 1. The zero-order chi connectivity index (χ0) is 21.7. The molecular weight excluding hydrogens is 395 g/mol. The molecule has 0 radical (unpaired) electrons. The molecule has 0 saturated carbocycles. The highest BCUT2D eigenvalue weighted by molar-refractivity contribution is 5.86. The van der Waals surface area contributed by atoms with E-state index in [1.165, 1.54) is 6.07 Å². The Bertz CT molecular complexity index is 1020. The molecule has 4 rings (SSSR count). The van der Waals surface area contributed by atoms with Crippen LogP contribution in [0.25, 0.3) is 5.57 Å². The van der Waals surface area contributed by atoms with Crippen molar-refractivity contribution in [2.45, 2.75) is 32.0 Å². The first-order valence-electron chi connectivity index (χ1n) is 9.79. The second kappa shape index (κ2) is 7.07. The first-order chi connectivity index (χ1) is 14.1. The minimum Gasteiger partial charge on any atom is -0.550 e. The van der Waals surface area contributed by atoms with Crippen molar-refractivity contribution in [1.82, 2.24) is 0 Å². The summed E-state index contributed by atoms with van der Waals surface area (Å²) in [5.74, 6) is -1.33. The van der Waals surface area contributed by atoms with Crippen LogP contribution in [0.3, 0.4) is 0 Å². The highest BCUT2D eigenvalue weighted by atomic mass is 19.4. The third-order valence-electron chi connectivity index (χ3n) is 5.83. The third-order valence-corrected chi connectivity index (χ3v) is 5.83. The van der Waals surface area contributed by atoms with Gasteiger partial charge in [0.1, 0.15) is 11.4 Å². The van der Waals surface area contributed by atoms with Crippen LogP contribution in [0.5, 0.6) is 5.75 Å². The van der Waals surface area contributed by atoms with E-state index in [2.05, 4.69) is 0 Å². The van der Waals surface area contributed by atoms with Crippen LogP contribution in [0.4, 0.5) is 18.9 Å². The molecule has 7 heteroatoms. The van der Waals surface area contributed by atoms with Crippen molar-refractivity contribution in [2.75, 3.05) is 18.0 Å². The number of anilines is 1. The smallest absolute Gasteiger partial charge is 0.416 e. The summed E-state index contributed by atoms with van der Waals surface area (Å²) in [6, 6.07) is 11.1. The molecule has 2 aliphatic heterocycles. The molecule has 0 aliphatic carbocycles. The summed E-state index contributed by atoms with van der Waals surface area (Å²) in [5, 5.41) is 11.0. The van der Waals surface area contributed by atoms with E-state index in [9.17, 15) is 23.1 Å². The van der Waals surface area contributed by atoms with Crippen molar-refractivity contribution >= 4 is 17.2 Å². The average Bonchev–Trinajstić information content (AvgIpc) is 2.65. The summed E-state index contributed by atoms with van der Waals surface area (Å²) in [4.78, 5) is 12.9. The number of benzene rings is 2. The van der Waals surface area contributed by atoms with E-state index in [1.807, 2.05) is 49.1 Å². The minimum absolute atomic E-state index is 0.207. The largest absolute Gasteiger partial charge is 0.550 e. The zero-order valence-corrected chi connectivity index (χ0v) is 16.6. The van der Waals surface area contributed by atoms with Gasteiger partial charge in [0, 0.05) is 36.2 Å². The molecule has 0 bridgehead atoms. The Hall–Kier alpha value is -2.96. The van der Waals surface area contributed by atoms with Gasteiger partial charge in [-0.05, 0) is 54.8 Å². The quantitative estimate of drug-likeness (QED) is 0.759. The van der Waals surface area contributed by atoms with Crippen molar-refractivity contribution in [2.24, 2.45) is 5.92 Å². The van der Waals surface area contributed by atoms with E-state index in [1.54, 1.807) is 0 Å². The van der Waals surface area contributed by atoms with Gasteiger partial charge in [-0.25, -0.2) is 0 Å². The summed E-state index contributed by atoms with van der Waals surface area (Å²) in [6.07, 6.45) is -1.91. The average molecular weight is 416 g/mol. The number of carboxylic acid groups (broad SMARTS) is 1. The number of carboxylic acids is 1. The highest BCUT2D eigenvalue weighted by Crippen LogP contribution is 2.44. The van der Waals surface area contributed by atoms with Crippen molar-refractivity contribution in [3.05, 3.63) is 65.2 Å². The van der Waals surface area contributed by atoms with Gasteiger partial charge in [-0.2, -0.15) is 13.2 Å². The maximum atomic E-state index is 13.2. The molecule has 1 saturated heterocycles. The monoisotopic (exact) mass is 416 g/mol. The second-order valence-electron chi connectivity index (χ2n) is 8.01. The molecular formula is C23H21F3NO3-. The minimum atomic E-state index is -4.45. The van der Waals surface area contributed by atoms with Gasteiger partial charge in [0.25, 0.3) is 0 Å². The van der Waals surface area contributed by atoms with Crippen LogP contribution < -0.4 is 14.7 Å². The number of rotatable bonds is 4. The molecule has 0 amide bonds. The molecule has 2 aliphatic rings. The molecule has 1 fully saturated rings. The number of hydrogen-bond acceptors (Lipinski definition) is 4. The van der Waals surface area contributed by atoms with Crippen LogP contribution in [0.2, 0.25) is 0 Å². The zero-order valence-electron chi connectivity index (χ0n) is 16.6. The predicted octanol–water partition coefficient (Wildman–Crippen LogP) is 3.88. The van der Waals surface area contributed by atoms with Gasteiger partial charge in [-0.1, -0.05) is 25.1 Å².